The van der Waals surface area contributed by atoms with E-state index >= 15 is 0 Å². The molecule has 1 aliphatic heterocycles. The van der Waals surface area contributed by atoms with Gasteiger partial charge < -0.3 is 9.47 Å². The quantitative estimate of drug-likeness (QED) is 0.420. The van der Waals surface area contributed by atoms with Crippen molar-refractivity contribution < 1.29 is 19.1 Å². The number of amides is 1. The maximum absolute atomic E-state index is 13.1. The van der Waals surface area contributed by atoms with Gasteiger partial charge in [-0.3, -0.25) is 4.90 Å². The monoisotopic (exact) mass is 467 g/mol. The van der Waals surface area contributed by atoms with Crippen LogP contribution in [0.25, 0.3) is 16.7 Å². The summed E-state index contributed by atoms with van der Waals surface area (Å²) in [5, 5.41) is 0. The molecule has 2 aliphatic rings. The Morgan fingerprint density at radius 2 is 1.46 bits per heavy atom. The van der Waals surface area contributed by atoms with Crippen LogP contribution in [0.4, 0.5) is 4.79 Å². The van der Waals surface area contributed by atoms with E-state index < -0.39 is 12.1 Å². The summed E-state index contributed by atoms with van der Waals surface area (Å²) in [6.07, 6.45) is 2.47. The third kappa shape index (κ3) is 4.72. The lowest BCUT2D eigenvalue weighted by Gasteiger charge is -2.25. The molecule has 35 heavy (non-hydrogen) atoms. The summed E-state index contributed by atoms with van der Waals surface area (Å²) < 4.78 is 11.0. The highest BCUT2D eigenvalue weighted by molar-refractivity contribution is 5.85. The highest BCUT2D eigenvalue weighted by Crippen LogP contribution is 2.47. The molecule has 1 heterocycles. The SMILES string of the molecule is CCOC(=O)[C@@H]1[C@H]2CC=C(c3ccc(-c4ccccc4)cc3)[C@H]2CN1C(=O)OCc1ccccc1. The fourth-order valence-electron chi connectivity index (χ4n) is 5.29. The number of nitrogens with zero attached hydrogens (tertiary/aromatic N) is 1. The predicted octanol–water partition coefficient (Wildman–Crippen LogP) is 5.96. The Hall–Kier alpha value is -3.86. The summed E-state index contributed by atoms with van der Waals surface area (Å²) >= 11 is 0. The van der Waals surface area contributed by atoms with Gasteiger partial charge in [0.25, 0.3) is 0 Å². The van der Waals surface area contributed by atoms with E-state index in [0.29, 0.717) is 6.54 Å². The van der Waals surface area contributed by atoms with Crippen molar-refractivity contribution in [1.29, 1.82) is 0 Å². The van der Waals surface area contributed by atoms with E-state index in [1.54, 1.807) is 11.8 Å². The summed E-state index contributed by atoms with van der Waals surface area (Å²) in [7, 11) is 0. The number of allylic oxidation sites excluding steroid dienone is 1. The van der Waals surface area contributed by atoms with Crippen molar-refractivity contribution in [1.82, 2.24) is 4.90 Å². The van der Waals surface area contributed by atoms with E-state index in [9.17, 15) is 9.59 Å². The summed E-state index contributed by atoms with van der Waals surface area (Å²) in [5.74, 6) is -0.302. The molecule has 5 heteroatoms. The van der Waals surface area contributed by atoms with Crippen LogP contribution in [0.1, 0.15) is 24.5 Å². The summed E-state index contributed by atoms with van der Waals surface area (Å²) in [5.41, 5.74) is 5.55. The van der Waals surface area contributed by atoms with Crippen LogP contribution >= 0.6 is 0 Å². The Balaban J connectivity index is 1.34. The molecule has 0 spiro atoms. The lowest BCUT2D eigenvalue weighted by molar-refractivity contribution is -0.149. The van der Waals surface area contributed by atoms with Crippen LogP contribution in [-0.2, 0) is 20.9 Å². The highest BCUT2D eigenvalue weighted by atomic mass is 16.6. The van der Waals surface area contributed by atoms with E-state index in [-0.39, 0.29) is 31.0 Å². The van der Waals surface area contributed by atoms with E-state index in [4.69, 9.17) is 9.47 Å². The first-order chi connectivity index (χ1) is 17.2. The molecule has 1 aliphatic carbocycles. The van der Waals surface area contributed by atoms with Gasteiger partial charge in [0.15, 0.2) is 0 Å². The molecular formula is C30H29NO4. The Morgan fingerprint density at radius 1 is 0.829 bits per heavy atom. The topological polar surface area (TPSA) is 55.8 Å². The van der Waals surface area contributed by atoms with E-state index in [1.165, 1.54) is 11.1 Å². The van der Waals surface area contributed by atoms with Gasteiger partial charge in [-0.05, 0) is 41.2 Å². The van der Waals surface area contributed by atoms with Gasteiger partial charge >= 0.3 is 12.1 Å². The minimum absolute atomic E-state index is 0.0119. The maximum Gasteiger partial charge on any atom is 0.410 e. The van der Waals surface area contributed by atoms with Crippen LogP contribution in [0.15, 0.2) is 91.0 Å². The average molecular weight is 468 g/mol. The van der Waals surface area contributed by atoms with Crippen LogP contribution in [0.3, 0.4) is 0 Å². The zero-order valence-corrected chi connectivity index (χ0v) is 19.8. The van der Waals surface area contributed by atoms with Crippen LogP contribution < -0.4 is 0 Å². The van der Waals surface area contributed by atoms with Crippen LogP contribution in [-0.4, -0.2) is 36.2 Å². The number of carbonyl (C=O) groups excluding carboxylic acids is 2. The van der Waals surface area contributed by atoms with Crippen molar-refractivity contribution in [3.63, 3.8) is 0 Å². The maximum atomic E-state index is 13.1. The fourth-order valence-corrected chi connectivity index (χ4v) is 5.29. The predicted molar refractivity (Wildman–Crippen MR) is 135 cm³/mol. The molecule has 1 saturated heterocycles. The van der Waals surface area contributed by atoms with Gasteiger partial charge in [-0.1, -0.05) is 91.0 Å². The molecule has 0 N–H and O–H groups in total. The van der Waals surface area contributed by atoms with Crippen molar-refractivity contribution in [2.45, 2.75) is 26.0 Å². The van der Waals surface area contributed by atoms with Gasteiger partial charge in [-0.2, -0.15) is 0 Å². The van der Waals surface area contributed by atoms with Gasteiger partial charge in [0.2, 0.25) is 0 Å². The zero-order chi connectivity index (χ0) is 24.2. The molecule has 5 nitrogen and oxygen atoms in total. The number of esters is 1. The zero-order valence-electron chi connectivity index (χ0n) is 19.8. The molecular weight excluding hydrogens is 438 g/mol. The van der Waals surface area contributed by atoms with Crippen molar-refractivity contribution in [2.75, 3.05) is 13.2 Å². The molecule has 5 rings (SSSR count). The number of carbonyl (C=O) groups is 2. The standard InChI is InChI=1S/C30H29NO4/c1-2-34-29(32)28-26-18-17-25(24-15-13-23(14-16-24)22-11-7-4-8-12-22)27(26)19-31(28)30(33)35-20-21-9-5-3-6-10-21/h3-17,26-28H,2,18-20H2,1H3/t26-,27+,28-/m0/s1. The van der Waals surface area contributed by atoms with Crippen LogP contribution in [0.5, 0.6) is 0 Å². The third-order valence-electron chi connectivity index (χ3n) is 6.95. The number of rotatable bonds is 6. The Bertz CT molecular complexity index is 1200. The summed E-state index contributed by atoms with van der Waals surface area (Å²) in [6.45, 7) is 2.68. The number of hydrogen-bond donors (Lipinski definition) is 0. The Morgan fingerprint density at radius 3 is 2.14 bits per heavy atom. The van der Waals surface area contributed by atoms with Crippen molar-refractivity contribution in [3.8, 4) is 11.1 Å². The first-order valence-electron chi connectivity index (χ1n) is 12.2. The number of likely N-dealkylation sites (tertiary alicyclic amines) is 1. The second-order valence-electron chi connectivity index (χ2n) is 9.00. The van der Waals surface area contributed by atoms with Gasteiger partial charge in [0.05, 0.1) is 6.61 Å². The molecule has 3 aromatic carbocycles. The largest absolute Gasteiger partial charge is 0.464 e. The number of ether oxygens (including phenoxy) is 2. The Labute approximate surface area is 206 Å². The van der Waals surface area contributed by atoms with Crippen molar-refractivity contribution >= 4 is 17.6 Å². The number of fused-ring (bicyclic) bond motifs is 1. The first kappa shape index (κ1) is 22.9. The number of hydrogen-bond acceptors (Lipinski definition) is 4. The van der Waals surface area contributed by atoms with Crippen molar-refractivity contribution in [3.05, 3.63) is 102 Å². The second kappa shape index (κ2) is 10.2. The van der Waals surface area contributed by atoms with Gasteiger partial charge in [0.1, 0.15) is 12.6 Å². The lowest BCUT2D eigenvalue weighted by Crippen LogP contribution is -2.44. The van der Waals surface area contributed by atoms with E-state index in [2.05, 4.69) is 42.5 Å². The normalized spacial score (nSPS) is 20.8. The lowest BCUT2D eigenvalue weighted by atomic mass is 9.87. The summed E-state index contributed by atoms with van der Waals surface area (Å²) in [6, 6.07) is 27.7. The minimum atomic E-state index is -0.638. The third-order valence-corrected chi connectivity index (χ3v) is 6.95. The molecule has 0 bridgehead atoms. The van der Waals surface area contributed by atoms with Crippen LogP contribution in [0.2, 0.25) is 0 Å². The first-order valence-corrected chi connectivity index (χ1v) is 12.2. The molecule has 0 unspecified atom stereocenters. The minimum Gasteiger partial charge on any atom is -0.464 e. The van der Waals surface area contributed by atoms with Gasteiger partial charge in [-0.15, -0.1) is 0 Å². The van der Waals surface area contributed by atoms with E-state index in [0.717, 1.165) is 23.1 Å². The average Bonchev–Trinajstić information content (AvgIpc) is 3.48. The van der Waals surface area contributed by atoms with Gasteiger partial charge in [-0.25, -0.2) is 9.59 Å². The van der Waals surface area contributed by atoms with Crippen molar-refractivity contribution in [2.24, 2.45) is 11.8 Å². The molecule has 1 fully saturated rings. The molecule has 178 valence electrons. The second-order valence-corrected chi connectivity index (χ2v) is 9.00. The molecule has 3 atom stereocenters. The fraction of sp³-hybridized carbons (Fsp3) is 0.267. The summed E-state index contributed by atoms with van der Waals surface area (Å²) in [4.78, 5) is 27.6. The van der Waals surface area contributed by atoms with Gasteiger partial charge in [0, 0.05) is 18.4 Å². The molecule has 3 aromatic rings. The molecule has 0 saturated carbocycles. The van der Waals surface area contributed by atoms with Crippen LogP contribution in [0, 0.1) is 11.8 Å². The smallest absolute Gasteiger partial charge is 0.410 e. The Kier molecular flexibility index (Phi) is 6.66. The molecule has 1 amide bonds. The highest BCUT2D eigenvalue weighted by Gasteiger charge is 2.52. The molecule has 0 aromatic heterocycles. The number of benzene rings is 3. The van der Waals surface area contributed by atoms with E-state index in [1.807, 2.05) is 48.5 Å². The molecule has 0 radical (unpaired) electrons.